The smallest absolute Gasteiger partial charge is 0.0582 e. The zero-order valence-electron chi connectivity index (χ0n) is 13.4. The molecule has 0 bridgehead atoms. The van der Waals surface area contributed by atoms with Crippen LogP contribution in [0.15, 0.2) is 0 Å². The van der Waals surface area contributed by atoms with Crippen molar-refractivity contribution in [2.75, 3.05) is 46.4 Å². The Balaban J connectivity index is 1.37. The number of nitrogens with zero attached hydrogens (tertiary/aromatic N) is 2. The molecule has 0 aromatic carbocycles. The minimum Gasteiger partial charge on any atom is -0.381 e. The van der Waals surface area contributed by atoms with Gasteiger partial charge < -0.3 is 14.5 Å². The van der Waals surface area contributed by atoms with E-state index in [0.29, 0.717) is 11.5 Å². The van der Waals surface area contributed by atoms with E-state index in [1.54, 1.807) is 0 Å². The summed E-state index contributed by atoms with van der Waals surface area (Å²) in [7, 11) is 1.87. The van der Waals surface area contributed by atoms with Gasteiger partial charge in [-0.3, -0.25) is 0 Å². The van der Waals surface area contributed by atoms with Crippen LogP contribution in [0.3, 0.4) is 0 Å². The predicted octanol–water partition coefficient (Wildman–Crippen LogP) is 2.61. The lowest BCUT2D eigenvalue weighted by molar-refractivity contribution is -0.0892. The molecule has 116 valence electrons. The van der Waals surface area contributed by atoms with Crippen LogP contribution in [-0.4, -0.2) is 62.3 Å². The monoisotopic (exact) mass is 280 g/mol. The standard InChI is InChI=1S/C17H32N2O/c1-3-18-8-4-15(5-9-18)14-19-10-6-17(7-11-19)12-16(13-17)20-2/h15-16H,3-14H2,1-2H3. The van der Waals surface area contributed by atoms with E-state index in [9.17, 15) is 0 Å². The van der Waals surface area contributed by atoms with Crippen LogP contribution in [0.5, 0.6) is 0 Å². The highest BCUT2D eigenvalue weighted by atomic mass is 16.5. The van der Waals surface area contributed by atoms with Gasteiger partial charge in [0.15, 0.2) is 0 Å². The number of hydrogen-bond acceptors (Lipinski definition) is 3. The second kappa shape index (κ2) is 6.33. The van der Waals surface area contributed by atoms with Gasteiger partial charge >= 0.3 is 0 Å². The molecule has 3 nitrogen and oxygen atoms in total. The van der Waals surface area contributed by atoms with Crippen molar-refractivity contribution in [2.45, 2.75) is 51.6 Å². The molecule has 1 aliphatic carbocycles. The maximum Gasteiger partial charge on any atom is 0.0582 e. The molecular weight excluding hydrogens is 248 g/mol. The summed E-state index contributed by atoms with van der Waals surface area (Å²) >= 11 is 0. The van der Waals surface area contributed by atoms with Crippen molar-refractivity contribution in [2.24, 2.45) is 11.3 Å². The summed E-state index contributed by atoms with van der Waals surface area (Å²) in [5, 5.41) is 0. The van der Waals surface area contributed by atoms with Gasteiger partial charge in [-0.15, -0.1) is 0 Å². The Kier molecular flexibility index (Phi) is 4.68. The quantitative estimate of drug-likeness (QED) is 0.787. The maximum atomic E-state index is 5.46. The van der Waals surface area contributed by atoms with E-state index in [1.807, 2.05) is 7.11 Å². The van der Waals surface area contributed by atoms with Crippen LogP contribution >= 0.6 is 0 Å². The summed E-state index contributed by atoms with van der Waals surface area (Å²) in [6.07, 6.45) is 8.89. The first-order valence-corrected chi connectivity index (χ1v) is 8.70. The third kappa shape index (κ3) is 3.20. The average Bonchev–Trinajstić information content (AvgIpc) is 2.46. The minimum atomic E-state index is 0.569. The molecule has 0 radical (unpaired) electrons. The summed E-state index contributed by atoms with van der Waals surface area (Å²) in [4.78, 5) is 5.35. The van der Waals surface area contributed by atoms with Gasteiger partial charge in [0.2, 0.25) is 0 Å². The van der Waals surface area contributed by atoms with Crippen molar-refractivity contribution >= 4 is 0 Å². The number of ether oxygens (including phenoxy) is 1. The summed E-state index contributed by atoms with van der Waals surface area (Å²) in [5.74, 6) is 0.958. The van der Waals surface area contributed by atoms with E-state index in [-0.39, 0.29) is 0 Å². The summed E-state index contributed by atoms with van der Waals surface area (Å²) in [6.45, 7) is 10.2. The second-order valence-corrected chi connectivity index (χ2v) is 7.44. The highest BCUT2D eigenvalue weighted by Gasteiger charge is 2.45. The molecule has 2 heterocycles. The first kappa shape index (κ1) is 14.8. The van der Waals surface area contributed by atoms with E-state index >= 15 is 0 Å². The lowest BCUT2D eigenvalue weighted by Gasteiger charge is -2.52. The zero-order chi connectivity index (χ0) is 14.0. The Labute approximate surface area is 124 Å². The van der Waals surface area contributed by atoms with Crippen molar-refractivity contribution in [1.29, 1.82) is 0 Å². The Morgan fingerprint density at radius 1 is 1.00 bits per heavy atom. The Morgan fingerprint density at radius 2 is 1.65 bits per heavy atom. The van der Waals surface area contributed by atoms with Gasteiger partial charge in [0.25, 0.3) is 0 Å². The molecule has 20 heavy (non-hydrogen) atoms. The lowest BCUT2D eigenvalue weighted by Crippen LogP contribution is -2.50. The normalized spacial score (nSPS) is 29.7. The molecule has 3 heteroatoms. The molecule has 1 spiro atoms. The van der Waals surface area contributed by atoms with Crippen LogP contribution in [0.1, 0.15) is 45.4 Å². The molecule has 0 aromatic rings. The van der Waals surface area contributed by atoms with E-state index in [2.05, 4.69) is 16.7 Å². The molecule has 2 saturated heterocycles. The molecule has 1 saturated carbocycles. The second-order valence-electron chi connectivity index (χ2n) is 7.44. The van der Waals surface area contributed by atoms with Gasteiger partial charge in [0.05, 0.1) is 6.10 Å². The van der Waals surface area contributed by atoms with Crippen LogP contribution in [0.25, 0.3) is 0 Å². The Morgan fingerprint density at radius 3 is 2.20 bits per heavy atom. The molecule has 0 amide bonds. The van der Waals surface area contributed by atoms with E-state index in [1.165, 1.54) is 77.8 Å². The van der Waals surface area contributed by atoms with Crippen molar-refractivity contribution in [1.82, 2.24) is 9.80 Å². The van der Waals surface area contributed by atoms with Crippen molar-refractivity contribution in [3.05, 3.63) is 0 Å². The van der Waals surface area contributed by atoms with Gasteiger partial charge in [0.1, 0.15) is 0 Å². The number of methoxy groups -OCH3 is 1. The summed E-state index contributed by atoms with van der Waals surface area (Å²) in [6, 6.07) is 0. The van der Waals surface area contributed by atoms with Crippen LogP contribution in [-0.2, 0) is 4.74 Å². The summed E-state index contributed by atoms with van der Waals surface area (Å²) < 4.78 is 5.46. The average molecular weight is 280 g/mol. The highest BCUT2D eigenvalue weighted by Crippen LogP contribution is 2.50. The third-order valence-electron chi connectivity index (χ3n) is 6.24. The molecule has 3 rings (SSSR count). The largest absolute Gasteiger partial charge is 0.381 e. The number of likely N-dealkylation sites (tertiary alicyclic amines) is 2. The fourth-order valence-electron chi connectivity index (χ4n) is 4.54. The number of rotatable bonds is 4. The van der Waals surface area contributed by atoms with E-state index in [0.717, 1.165) is 5.92 Å². The minimum absolute atomic E-state index is 0.569. The molecule has 0 N–H and O–H groups in total. The number of hydrogen-bond donors (Lipinski definition) is 0. The van der Waals surface area contributed by atoms with Crippen LogP contribution in [0, 0.1) is 11.3 Å². The van der Waals surface area contributed by atoms with Crippen LogP contribution < -0.4 is 0 Å². The molecule has 3 fully saturated rings. The molecule has 3 aliphatic rings. The molecule has 0 aromatic heterocycles. The topological polar surface area (TPSA) is 15.7 Å². The van der Waals surface area contributed by atoms with E-state index in [4.69, 9.17) is 4.74 Å². The molecule has 0 atom stereocenters. The third-order valence-corrected chi connectivity index (χ3v) is 6.24. The lowest BCUT2D eigenvalue weighted by atomic mass is 9.61. The van der Waals surface area contributed by atoms with Gasteiger partial charge in [0, 0.05) is 13.7 Å². The first-order valence-electron chi connectivity index (χ1n) is 8.70. The predicted molar refractivity (Wildman–Crippen MR) is 83.0 cm³/mol. The van der Waals surface area contributed by atoms with E-state index < -0.39 is 0 Å². The highest BCUT2D eigenvalue weighted by molar-refractivity contribution is 4.98. The first-order chi connectivity index (χ1) is 9.73. The molecule has 0 unspecified atom stereocenters. The Bertz CT molecular complexity index is 296. The van der Waals surface area contributed by atoms with Gasteiger partial charge in [-0.25, -0.2) is 0 Å². The fraction of sp³-hybridized carbons (Fsp3) is 1.00. The maximum absolute atomic E-state index is 5.46. The summed E-state index contributed by atoms with van der Waals surface area (Å²) in [5.41, 5.74) is 0.669. The fourth-order valence-corrected chi connectivity index (χ4v) is 4.54. The molecular formula is C17H32N2O. The Hall–Kier alpha value is -0.120. The molecule has 2 aliphatic heterocycles. The number of piperidine rings is 2. The van der Waals surface area contributed by atoms with Crippen molar-refractivity contribution in [3.8, 4) is 0 Å². The van der Waals surface area contributed by atoms with Gasteiger partial charge in [-0.05, 0) is 82.6 Å². The van der Waals surface area contributed by atoms with Crippen molar-refractivity contribution in [3.63, 3.8) is 0 Å². The van der Waals surface area contributed by atoms with Gasteiger partial charge in [-0.1, -0.05) is 6.92 Å². The van der Waals surface area contributed by atoms with Crippen molar-refractivity contribution < 1.29 is 4.74 Å². The van der Waals surface area contributed by atoms with Crippen LogP contribution in [0.2, 0.25) is 0 Å². The van der Waals surface area contributed by atoms with Gasteiger partial charge in [-0.2, -0.15) is 0 Å². The zero-order valence-corrected chi connectivity index (χ0v) is 13.4. The van der Waals surface area contributed by atoms with Crippen LogP contribution in [0.4, 0.5) is 0 Å². The SMILES string of the molecule is CCN1CCC(CN2CCC3(CC2)CC(OC)C3)CC1.